The Bertz CT molecular complexity index is 98.9. The molecule has 0 bridgehead atoms. The Hall–Kier alpha value is -0.0400. The molecule has 0 radical (unpaired) electrons. The van der Waals surface area contributed by atoms with Crippen molar-refractivity contribution in [2.75, 3.05) is 7.11 Å². The zero-order chi connectivity index (χ0) is 7.56. The lowest BCUT2D eigenvalue weighted by Crippen LogP contribution is -2.41. The molecule has 1 fully saturated rings. The molecule has 1 aliphatic carbocycles. The average Bonchev–Trinajstić information content (AvgIpc) is 1.88. The highest BCUT2D eigenvalue weighted by atomic mass is 16.5. The molecule has 0 aromatic heterocycles. The third kappa shape index (κ3) is 1.34. The van der Waals surface area contributed by atoms with E-state index in [0.29, 0.717) is 6.10 Å². The quantitative estimate of drug-likeness (QED) is 0.588. The van der Waals surface area contributed by atoms with Crippen molar-refractivity contribution in [2.45, 2.75) is 39.2 Å². The molecule has 1 aliphatic rings. The minimum atomic E-state index is 0.569. The van der Waals surface area contributed by atoms with Crippen LogP contribution in [0, 0.1) is 11.8 Å². The molecule has 3 unspecified atom stereocenters. The molecule has 0 spiro atoms. The van der Waals surface area contributed by atoms with Crippen molar-refractivity contribution >= 4 is 0 Å². The predicted molar refractivity (Wildman–Crippen MR) is 43.0 cm³/mol. The van der Waals surface area contributed by atoms with Crippen molar-refractivity contribution in [3.05, 3.63) is 0 Å². The van der Waals surface area contributed by atoms with Gasteiger partial charge in [-0.1, -0.05) is 20.3 Å². The molecule has 1 saturated carbocycles. The molecule has 0 heterocycles. The van der Waals surface area contributed by atoms with Crippen molar-refractivity contribution in [1.29, 1.82) is 0 Å². The second kappa shape index (κ2) is 3.38. The van der Waals surface area contributed by atoms with Crippen LogP contribution in [-0.2, 0) is 4.74 Å². The second-order valence-electron chi connectivity index (χ2n) is 3.46. The highest BCUT2D eigenvalue weighted by molar-refractivity contribution is 4.87. The van der Waals surface area contributed by atoms with Crippen molar-refractivity contribution in [1.82, 2.24) is 0 Å². The first-order chi connectivity index (χ1) is 4.79. The smallest absolute Gasteiger partial charge is 0.0625 e. The SMILES string of the molecule is CCCC1CC(C)C1OC. The van der Waals surface area contributed by atoms with Gasteiger partial charge in [0.2, 0.25) is 0 Å². The number of hydrogen-bond donors (Lipinski definition) is 0. The summed E-state index contributed by atoms with van der Waals surface area (Å²) in [5, 5.41) is 0. The Morgan fingerprint density at radius 1 is 1.50 bits per heavy atom. The number of rotatable bonds is 3. The monoisotopic (exact) mass is 142 g/mol. The van der Waals surface area contributed by atoms with E-state index in [2.05, 4.69) is 13.8 Å². The molecule has 1 rings (SSSR count). The highest BCUT2D eigenvalue weighted by Crippen LogP contribution is 2.38. The van der Waals surface area contributed by atoms with Crippen molar-refractivity contribution in [3.8, 4) is 0 Å². The van der Waals surface area contributed by atoms with Gasteiger partial charge in [-0.2, -0.15) is 0 Å². The van der Waals surface area contributed by atoms with Gasteiger partial charge in [0.1, 0.15) is 0 Å². The van der Waals surface area contributed by atoms with Crippen LogP contribution in [0.25, 0.3) is 0 Å². The van der Waals surface area contributed by atoms with E-state index in [9.17, 15) is 0 Å². The lowest BCUT2D eigenvalue weighted by Gasteiger charge is -2.41. The largest absolute Gasteiger partial charge is 0.381 e. The first-order valence-electron chi connectivity index (χ1n) is 4.32. The number of ether oxygens (including phenoxy) is 1. The molecule has 1 nitrogen and oxygen atoms in total. The zero-order valence-corrected chi connectivity index (χ0v) is 7.26. The van der Waals surface area contributed by atoms with E-state index in [4.69, 9.17) is 4.74 Å². The van der Waals surface area contributed by atoms with E-state index in [1.54, 1.807) is 0 Å². The van der Waals surface area contributed by atoms with Gasteiger partial charge in [0.05, 0.1) is 6.10 Å². The topological polar surface area (TPSA) is 9.23 Å². The molecular formula is C9H18O. The van der Waals surface area contributed by atoms with Gasteiger partial charge in [-0.25, -0.2) is 0 Å². The van der Waals surface area contributed by atoms with Crippen LogP contribution in [0.5, 0.6) is 0 Å². The van der Waals surface area contributed by atoms with Crippen LogP contribution in [0.15, 0.2) is 0 Å². The highest BCUT2D eigenvalue weighted by Gasteiger charge is 2.36. The fourth-order valence-electron chi connectivity index (χ4n) is 2.09. The first kappa shape index (κ1) is 8.06. The van der Waals surface area contributed by atoms with E-state index < -0.39 is 0 Å². The summed E-state index contributed by atoms with van der Waals surface area (Å²) in [5.74, 6) is 1.67. The molecular weight excluding hydrogens is 124 g/mol. The van der Waals surface area contributed by atoms with Gasteiger partial charge in [0.15, 0.2) is 0 Å². The van der Waals surface area contributed by atoms with Crippen LogP contribution in [0.1, 0.15) is 33.1 Å². The van der Waals surface area contributed by atoms with E-state index >= 15 is 0 Å². The normalized spacial score (nSPS) is 39.3. The maximum Gasteiger partial charge on any atom is 0.0625 e. The van der Waals surface area contributed by atoms with E-state index in [1.807, 2.05) is 7.11 Å². The molecule has 10 heavy (non-hydrogen) atoms. The summed E-state index contributed by atoms with van der Waals surface area (Å²) in [6.45, 7) is 4.52. The Labute approximate surface area is 63.8 Å². The van der Waals surface area contributed by atoms with Crippen LogP contribution in [0.4, 0.5) is 0 Å². The third-order valence-electron chi connectivity index (χ3n) is 2.63. The van der Waals surface area contributed by atoms with Gasteiger partial charge in [-0.05, 0) is 24.7 Å². The molecule has 0 aromatic rings. The van der Waals surface area contributed by atoms with Crippen LogP contribution in [0.3, 0.4) is 0 Å². The molecule has 1 heteroatoms. The van der Waals surface area contributed by atoms with Gasteiger partial charge < -0.3 is 4.74 Å². The fourth-order valence-corrected chi connectivity index (χ4v) is 2.09. The summed E-state index contributed by atoms with van der Waals surface area (Å²) in [7, 11) is 1.84. The van der Waals surface area contributed by atoms with Gasteiger partial charge in [0.25, 0.3) is 0 Å². The van der Waals surface area contributed by atoms with Crippen LogP contribution >= 0.6 is 0 Å². The minimum absolute atomic E-state index is 0.569. The summed E-state index contributed by atoms with van der Waals surface area (Å²) in [4.78, 5) is 0. The molecule has 0 amide bonds. The Morgan fingerprint density at radius 2 is 2.20 bits per heavy atom. The molecule has 0 saturated heterocycles. The van der Waals surface area contributed by atoms with E-state index in [1.165, 1.54) is 19.3 Å². The molecule has 0 N–H and O–H groups in total. The fraction of sp³-hybridized carbons (Fsp3) is 1.00. The molecule has 60 valence electrons. The minimum Gasteiger partial charge on any atom is -0.381 e. The van der Waals surface area contributed by atoms with Gasteiger partial charge in [-0.15, -0.1) is 0 Å². The lowest BCUT2D eigenvalue weighted by atomic mass is 9.71. The van der Waals surface area contributed by atoms with Crippen LogP contribution in [-0.4, -0.2) is 13.2 Å². The van der Waals surface area contributed by atoms with Gasteiger partial charge in [-0.3, -0.25) is 0 Å². The van der Waals surface area contributed by atoms with Crippen LogP contribution < -0.4 is 0 Å². The standard InChI is InChI=1S/C9H18O/c1-4-5-8-6-7(2)9(8)10-3/h7-9H,4-6H2,1-3H3. The van der Waals surface area contributed by atoms with E-state index in [0.717, 1.165) is 11.8 Å². The summed E-state index contributed by atoms with van der Waals surface area (Å²) in [5.41, 5.74) is 0. The van der Waals surface area contributed by atoms with Gasteiger partial charge >= 0.3 is 0 Å². The lowest BCUT2D eigenvalue weighted by molar-refractivity contribution is -0.0674. The third-order valence-corrected chi connectivity index (χ3v) is 2.63. The zero-order valence-electron chi connectivity index (χ0n) is 7.26. The summed E-state index contributed by atoms with van der Waals surface area (Å²) >= 11 is 0. The van der Waals surface area contributed by atoms with E-state index in [-0.39, 0.29) is 0 Å². The number of hydrogen-bond acceptors (Lipinski definition) is 1. The van der Waals surface area contributed by atoms with Crippen molar-refractivity contribution in [2.24, 2.45) is 11.8 Å². The van der Waals surface area contributed by atoms with Crippen molar-refractivity contribution < 1.29 is 4.74 Å². The van der Waals surface area contributed by atoms with Gasteiger partial charge in [0, 0.05) is 7.11 Å². The maximum absolute atomic E-state index is 5.36. The summed E-state index contributed by atoms with van der Waals surface area (Å²) in [6.07, 6.45) is 4.60. The number of methoxy groups -OCH3 is 1. The average molecular weight is 142 g/mol. The molecule has 0 aliphatic heterocycles. The predicted octanol–water partition coefficient (Wildman–Crippen LogP) is 2.46. The molecule has 3 atom stereocenters. The Balaban J connectivity index is 2.23. The maximum atomic E-state index is 5.36. The Morgan fingerprint density at radius 3 is 2.60 bits per heavy atom. The second-order valence-corrected chi connectivity index (χ2v) is 3.46. The summed E-state index contributed by atoms with van der Waals surface area (Å²) in [6, 6.07) is 0. The van der Waals surface area contributed by atoms with Crippen LogP contribution in [0.2, 0.25) is 0 Å². The molecule has 0 aromatic carbocycles. The Kier molecular flexibility index (Phi) is 2.72. The first-order valence-corrected chi connectivity index (χ1v) is 4.32. The van der Waals surface area contributed by atoms with Crippen molar-refractivity contribution in [3.63, 3.8) is 0 Å². The summed E-state index contributed by atoms with van der Waals surface area (Å²) < 4.78 is 5.36.